The molecule has 0 heterocycles. The highest BCUT2D eigenvalue weighted by molar-refractivity contribution is 5.98. The summed E-state index contributed by atoms with van der Waals surface area (Å²) in [5.74, 6) is -0.589. The topological polar surface area (TPSA) is 53.3 Å². The molecule has 0 unspecified atom stereocenters. The van der Waals surface area contributed by atoms with Crippen molar-refractivity contribution in [3.63, 3.8) is 0 Å². The molecule has 0 bridgehead atoms. The standard InChI is InChI=1S/C15H18N2O2/c1-11(2)19-15(18)13(10-16)9-12-5-7-14(8-6-12)17(3)4/h5-9,11H,1-4H3/b13-9-. The van der Waals surface area contributed by atoms with Gasteiger partial charge in [-0.1, -0.05) is 12.1 Å². The predicted octanol–water partition coefficient (Wildman–Crippen LogP) is 2.61. The second kappa shape index (κ2) is 6.60. The number of carbonyl (C=O) groups is 1. The predicted molar refractivity (Wildman–Crippen MR) is 75.6 cm³/mol. The Kier molecular flexibility index (Phi) is 5.13. The zero-order valence-corrected chi connectivity index (χ0v) is 11.7. The lowest BCUT2D eigenvalue weighted by atomic mass is 10.1. The Hall–Kier alpha value is -2.28. The Bertz CT molecular complexity index is 508. The zero-order chi connectivity index (χ0) is 14.4. The minimum atomic E-state index is -0.589. The lowest BCUT2D eigenvalue weighted by molar-refractivity contribution is -0.142. The highest BCUT2D eigenvalue weighted by Crippen LogP contribution is 2.15. The minimum absolute atomic E-state index is 0.00584. The van der Waals surface area contributed by atoms with E-state index in [9.17, 15) is 4.79 Å². The number of rotatable bonds is 4. The number of anilines is 1. The van der Waals surface area contributed by atoms with Crippen LogP contribution in [0.3, 0.4) is 0 Å². The van der Waals surface area contributed by atoms with Gasteiger partial charge in [0.05, 0.1) is 6.10 Å². The van der Waals surface area contributed by atoms with Gasteiger partial charge in [-0.2, -0.15) is 5.26 Å². The monoisotopic (exact) mass is 258 g/mol. The van der Waals surface area contributed by atoms with Crippen molar-refractivity contribution in [1.82, 2.24) is 0 Å². The van der Waals surface area contributed by atoms with Gasteiger partial charge in [0.1, 0.15) is 11.6 Å². The van der Waals surface area contributed by atoms with Crippen molar-refractivity contribution >= 4 is 17.7 Å². The summed E-state index contributed by atoms with van der Waals surface area (Å²) < 4.78 is 5.00. The number of hydrogen-bond donors (Lipinski definition) is 0. The fraction of sp³-hybridized carbons (Fsp3) is 0.333. The number of carbonyl (C=O) groups excluding carboxylic acids is 1. The van der Waals surface area contributed by atoms with Gasteiger partial charge in [-0.15, -0.1) is 0 Å². The molecule has 0 fully saturated rings. The van der Waals surface area contributed by atoms with Gasteiger partial charge in [0.15, 0.2) is 0 Å². The maximum Gasteiger partial charge on any atom is 0.349 e. The molecule has 0 radical (unpaired) electrons. The number of nitrogens with zero attached hydrogens (tertiary/aromatic N) is 2. The van der Waals surface area contributed by atoms with Crippen LogP contribution in [0.4, 0.5) is 5.69 Å². The molecule has 0 aliphatic carbocycles. The third-order valence-electron chi connectivity index (χ3n) is 2.40. The largest absolute Gasteiger partial charge is 0.459 e. The second-order valence-electron chi connectivity index (χ2n) is 4.61. The Morgan fingerprint density at radius 3 is 2.32 bits per heavy atom. The highest BCUT2D eigenvalue weighted by Gasteiger charge is 2.12. The van der Waals surface area contributed by atoms with Crippen LogP contribution in [-0.2, 0) is 9.53 Å². The average Bonchev–Trinajstić information content (AvgIpc) is 2.35. The van der Waals surface area contributed by atoms with E-state index in [1.54, 1.807) is 13.8 Å². The molecular weight excluding hydrogens is 240 g/mol. The molecule has 1 aromatic carbocycles. The van der Waals surface area contributed by atoms with Crippen molar-refractivity contribution in [3.05, 3.63) is 35.4 Å². The molecule has 0 aromatic heterocycles. The van der Waals surface area contributed by atoms with E-state index in [2.05, 4.69) is 0 Å². The Morgan fingerprint density at radius 1 is 1.32 bits per heavy atom. The number of ether oxygens (including phenoxy) is 1. The fourth-order valence-electron chi connectivity index (χ4n) is 1.45. The van der Waals surface area contributed by atoms with E-state index in [-0.39, 0.29) is 11.7 Å². The number of hydrogen-bond acceptors (Lipinski definition) is 4. The van der Waals surface area contributed by atoms with Crippen molar-refractivity contribution in [2.24, 2.45) is 0 Å². The molecule has 0 saturated heterocycles. The highest BCUT2D eigenvalue weighted by atomic mass is 16.5. The van der Waals surface area contributed by atoms with Crippen LogP contribution in [0.25, 0.3) is 6.08 Å². The van der Waals surface area contributed by atoms with Crippen molar-refractivity contribution < 1.29 is 9.53 Å². The summed E-state index contributed by atoms with van der Waals surface area (Å²) >= 11 is 0. The van der Waals surface area contributed by atoms with Crippen molar-refractivity contribution in [3.8, 4) is 6.07 Å². The fourth-order valence-corrected chi connectivity index (χ4v) is 1.45. The lowest BCUT2D eigenvalue weighted by Gasteiger charge is -2.12. The molecule has 0 aliphatic heterocycles. The van der Waals surface area contributed by atoms with E-state index < -0.39 is 5.97 Å². The maximum atomic E-state index is 11.6. The van der Waals surface area contributed by atoms with E-state index in [4.69, 9.17) is 10.00 Å². The van der Waals surface area contributed by atoms with Crippen LogP contribution >= 0.6 is 0 Å². The quantitative estimate of drug-likeness (QED) is 0.473. The van der Waals surface area contributed by atoms with E-state index in [0.717, 1.165) is 11.3 Å². The Balaban J connectivity index is 2.92. The summed E-state index contributed by atoms with van der Waals surface area (Å²) in [7, 11) is 3.90. The molecule has 19 heavy (non-hydrogen) atoms. The van der Waals surface area contributed by atoms with Gasteiger partial charge in [-0.3, -0.25) is 0 Å². The smallest absolute Gasteiger partial charge is 0.349 e. The van der Waals surface area contributed by atoms with Crippen LogP contribution in [-0.4, -0.2) is 26.2 Å². The first-order valence-corrected chi connectivity index (χ1v) is 6.04. The van der Waals surface area contributed by atoms with Gasteiger partial charge in [0, 0.05) is 19.8 Å². The van der Waals surface area contributed by atoms with Crippen LogP contribution in [0, 0.1) is 11.3 Å². The summed E-state index contributed by atoms with van der Waals surface area (Å²) in [6.45, 7) is 3.50. The lowest BCUT2D eigenvalue weighted by Crippen LogP contribution is -2.12. The van der Waals surface area contributed by atoms with Gasteiger partial charge < -0.3 is 9.64 Å². The minimum Gasteiger partial charge on any atom is -0.459 e. The van der Waals surface area contributed by atoms with Gasteiger partial charge in [-0.05, 0) is 37.6 Å². The van der Waals surface area contributed by atoms with Crippen LogP contribution in [0.15, 0.2) is 29.8 Å². The molecule has 0 atom stereocenters. The normalized spacial score (nSPS) is 11.1. The first-order valence-electron chi connectivity index (χ1n) is 6.04. The van der Waals surface area contributed by atoms with Crippen molar-refractivity contribution in [1.29, 1.82) is 5.26 Å². The number of nitriles is 1. The first-order chi connectivity index (χ1) is 8.93. The van der Waals surface area contributed by atoms with Crippen molar-refractivity contribution in [2.45, 2.75) is 20.0 Å². The molecule has 4 nitrogen and oxygen atoms in total. The number of benzene rings is 1. The molecule has 0 saturated carbocycles. The van der Waals surface area contributed by atoms with E-state index in [1.165, 1.54) is 6.08 Å². The van der Waals surface area contributed by atoms with E-state index in [1.807, 2.05) is 49.3 Å². The molecule has 1 aromatic rings. The maximum absolute atomic E-state index is 11.6. The van der Waals surface area contributed by atoms with Gasteiger partial charge >= 0.3 is 5.97 Å². The van der Waals surface area contributed by atoms with Gasteiger partial charge in [-0.25, -0.2) is 4.79 Å². The summed E-state index contributed by atoms with van der Waals surface area (Å²) in [6, 6.07) is 9.43. The summed E-state index contributed by atoms with van der Waals surface area (Å²) in [5, 5.41) is 8.99. The molecule has 4 heteroatoms. The third-order valence-corrected chi connectivity index (χ3v) is 2.40. The molecule has 0 aliphatic rings. The van der Waals surface area contributed by atoms with Crippen LogP contribution in [0.2, 0.25) is 0 Å². The average molecular weight is 258 g/mol. The van der Waals surface area contributed by atoms with Crippen LogP contribution < -0.4 is 4.90 Å². The second-order valence-corrected chi connectivity index (χ2v) is 4.61. The van der Waals surface area contributed by atoms with Gasteiger partial charge in [0.2, 0.25) is 0 Å². The van der Waals surface area contributed by atoms with Crippen LogP contribution in [0.1, 0.15) is 19.4 Å². The molecule has 0 amide bonds. The van der Waals surface area contributed by atoms with Crippen LogP contribution in [0.5, 0.6) is 0 Å². The Morgan fingerprint density at radius 2 is 1.89 bits per heavy atom. The third kappa shape index (κ3) is 4.47. The Labute approximate surface area is 113 Å². The molecule has 1 rings (SSSR count). The SMILES string of the molecule is CC(C)OC(=O)/C(C#N)=C\c1ccc(N(C)C)cc1. The van der Waals surface area contributed by atoms with Gasteiger partial charge in [0.25, 0.3) is 0 Å². The number of esters is 1. The molecule has 100 valence electrons. The molecule has 0 N–H and O–H groups in total. The molecular formula is C15H18N2O2. The summed E-state index contributed by atoms with van der Waals surface area (Å²) in [6.07, 6.45) is 1.30. The zero-order valence-electron chi connectivity index (χ0n) is 11.7. The van der Waals surface area contributed by atoms with E-state index in [0.29, 0.717) is 0 Å². The molecule has 0 spiro atoms. The van der Waals surface area contributed by atoms with Crippen molar-refractivity contribution in [2.75, 3.05) is 19.0 Å². The summed E-state index contributed by atoms with van der Waals surface area (Å²) in [4.78, 5) is 13.6. The first kappa shape index (κ1) is 14.8. The van der Waals surface area contributed by atoms with E-state index >= 15 is 0 Å². The summed E-state index contributed by atoms with van der Waals surface area (Å²) in [5.41, 5.74) is 1.86.